The van der Waals surface area contributed by atoms with Gasteiger partial charge in [-0.15, -0.1) is 0 Å². The fourth-order valence-electron chi connectivity index (χ4n) is 1.69. The summed E-state index contributed by atoms with van der Waals surface area (Å²) in [7, 11) is 0. The second-order valence-electron chi connectivity index (χ2n) is 5.02. The molecule has 0 saturated heterocycles. The number of aliphatic hydroxyl groups excluding tert-OH is 1. The first-order chi connectivity index (χ1) is 8.93. The number of carbonyl (C=O) groups excluding carboxylic acids is 1. The molecule has 0 saturated carbocycles. The normalized spacial score (nSPS) is 14.2. The second kappa shape index (κ2) is 7.11. The number of amides is 1. The molecule has 1 amide bonds. The number of benzene rings is 1. The van der Waals surface area contributed by atoms with Crippen LogP contribution in [0.25, 0.3) is 0 Å². The lowest BCUT2D eigenvalue weighted by Crippen LogP contribution is -2.49. The maximum Gasteiger partial charge on any atom is 0.237 e. The summed E-state index contributed by atoms with van der Waals surface area (Å²) in [5.41, 5.74) is 6.71. The molecule has 5 N–H and O–H groups in total. The van der Waals surface area contributed by atoms with Crippen molar-refractivity contribution in [2.24, 2.45) is 11.7 Å². The van der Waals surface area contributed by atoms with E-state index in [2.05, 4.69) is 5.32 Å². The monoisotopic (exact) mass is 266 g/mol. The van der Waals surface area contributed by atoms with Crippen LogP contribution in [-0.4, -0.2) is 34.8 Å². The SMILES string of the molecule is CC(C)C(CO)NC(=O)[C@@H](N)Cc1ccc(O)cc1. The molecule has 106 valence electrons. The lowest BCUT2D eigenvalue weighted by atomic mass is 10.0. The number of nitrogens with two attached hydrogens (primary N) is 1. The number of aromatic hydroxyl groups is 1. The van der Waals surface area contributed by atoms with E-state index in [1.54, 1.807) is 24.3 Å². The fourth-order valence-corrected chi connectivity index (χ4v) is 1.69. The van der Waals surface area contributed by atoms with Crippen molar-refractivity contribution < 1.29 is 15.0 Å². The summed E-state index contributed by atoms with van der Waals surface area (Å²) in [4.78, 5) is 11.9. The minimum absolute atomic E-state index is 0.102. The number of carbonyl (C=O) groups is 1. The van der Waals surface area contributed by atoms with Gasteiger partial charge in [0.2, 0.25) is 5.91 Å². The third-order valence-corrected chi connectivity index (χ3v) is 3.06. The molecular formula is C14H22N2O3. The van der Waals surface area contributed by atoms with Gasteiger partial charge in [0.1, 0.15) is 5.75 Å². The molecule has 2 atom stereocenters. The molecule has 0 bridgehead atoms. The highest BCUT2D eigenvalue weighted by molar-refractivity contribution is 5.82. The number of nitrogens with one attached hydrogen (secondary N) is 1. The summed E-state index contributed by atoms with van der Waals surface area (Å²) in [6.45, 7) is 3.74. The van der Waals surface area contributed by atoms with Crippen molar-refractivity contribution >= 4 is 5.91 Å². The molecule has 0 heterocycles. The van der Waals surface area contributed by atoms with Gasteiger partial charge in [-0.3, -0.25) is 4.79 Å². The highest BCUT2D eigenvalue weighted by Crippen LogP contribution is 2.11. The number of hydrogen-bond acceptors (Lipinski definition) is 4. The summed E-state index contributed by atoms with van der Waals surface area (Å²) in [6, 6.07) is 5.63. The third kappa shape index (κ3) is 4.89. The Hall–Kier alpha value is -1.59. The first-order valence-electron chi connectivity index (χ1n) is 6.38. The predicted molar refractivity (Wildman–Crippen MR) is 73.6 cm³/mol. The van der Waals surface area contributed by atoms with Crippen LogP contribution < -0.4 is 11.1 Å². The molecule has 0 aliphatic heterocycles. The van der Waals surface area contributed by atoms with Crippen molar-refractivity contribution in [2.45, 2.75) is 32.4 Å². The van der Waals surface area contributed by atoms with Crippen LogP contribution in [0.2, 0.25) is 0 Å². The Morgan fingerprint density at radius 1 is 1.32 bits per heavy atom. The standard InChI is InChI=1S/C14H22N2O3/c1-9(2)13(8-17)16-14(19)12(15)7-10-3-5-11(18)6-4-10/h3-6,9,12-13,17-18H,7-8,15H2,1-2H3,(H,16,19)/t12-,13?/m0/s1. The van der Waals surface area contributed by atoms with E-state index in [0.717, 1.165) is 5.56 Å². The van der Waals surface area contributed by atoms with Gasteiger partial charge in [0.15, 0.2) is 0 Å². The summed E-state index contributed by atoms with van der Waals surface area (Å²) in [5, 5.41) is 21.1. The Balaban J connectivity index is 2.55. The molecule has 19 heavy (non-hydrogen) atoms. The van der Waals surface area contributed by atoms with Crippen LogP contribution in [0.15, 0.2) is 24.3 Å². The molecule has 0 spiro atoms. The summed E-state index contributed by atoms with van der Waals surface area (Å²) in [6.07, 6.45) is 0.391. The Morgan fingerprint density at radius 3 is 2.37 bits per heavy atom. The largest absolute Gasteiger partial charge is 0.508 e. The van der Waals surface area contributed by atoms with E-state index < -0.39 is 6.04 Å². The maximum atomic E-state index is 11.9. The number of rotatable bonds is 6. The number of hydrogen-bond donors (Lipinski definition) is 4. The van der Waals surface area contributed by atoms with Crippen LogP contribution in [0.3, 0.4) is 0 Å². The number of aliphatic hydroxyl groups is 1. The number of phenols is 1. The van der Waals surface area contributed by atoms with Crippen molar-refractivity contribution in [1.29, 1.82) is 0 Å². The zero-order valence-electron chi connectivity index (χ0n) is 11.3. The van der Waals surface area contributed by atoms with Crippen LogP contribution in [0, 0.1) is 5.92 Å². The van der Waals surface area contributed by atoms with E-state index in [1.165, 1.54) is 0 Å². The fraction of sp³-hybridized carbons (Fsp3) is 0.500. The maximum absolute atomic E-state index is 11.9. The molecule has 0 aliphatic rings. The molecule has 5 nitrogen and oxygen atoms in total. The molecule has 1 rings (SSSR count). The Kier molecular flexibility index (Phi) is 5.79. The van der Waals surface area contributed by atoms with Crippen molar-refractivity contribution in [3.05, 3.63) is 29.8 Å². The Morgan fingerprint density at radius 2 is 1.89 bits per heavy atom. The first kappa shape index (κ1) is 15.5. The predicted octanol–water partition coefficient (Wildman–Crippen LogP) is 0.395. The van der Waals surface area contributed by atoms with Crippen LogP contribution in [0.4, 0.5) is 0 Å². The van der Waals surface area contributed by atoms with Gasteiger partial charge in [-0.2, -0.15) is 0 Å². The smallest absolute Gasteiger partial charge is 0.237 e. The minimum atomic E-state index is -0.669. The van der Waals surface area contributed by atoms with E-state index in [-0.39, 0.29) is 30.2 Å². The molecule has 5 heteroatoms. The topological polar surface area (TPSA) is 95.6 Å². The lowest BCUT2D eigenvalue weighted by Gasteiger charge is -2.22. The third-order valence-electron chi connectivity index (χ3n) is 3.06. The minimum Gasteiger partial charge on any atom is -0.508 e. The highest BCUT2D eigenvalue weighted by atomic mass is 16.3. The summed E-state index contributed by atoms with van der Waals surface area (Å²) in [5.74, 6) is 0.0533. The van der Waals surface area contributed by atoms with E-state index in [4.69, 9.17) is 10.8 Å². The zero-order valence-corrected chi connectivity index (χ0v) is 11.3. The van der Waals surface area contributed by atoms with Crippen LogP contribution in [-0.2, 0) is 11.2 Å². The molecule has 0 aliphatic carbocycles. The first-order valence-corrected chi connectivity index (χ1v) is 6.38. The quantitative estimate of drug-likeness (QED) is 0.599. The van der Waals surface area contributed by atoms with E-state index in [9.17, 15) is 9.90 Å². The molecule has 1 aromatic carbocycles. The molecule has 0 aromatic heterocycles. The van der Waals surface area contributed by atoms with Gasteiger partial charge in [0.25, 0.3) is 0 Å². The lowest BCUT2D eigenvalue weighted by molar-refractivity contribution is -0.123. The van der Waals surface area contributed by atoms with E-state index in [1.807, 2.05) is 13.8 Å². The van der Waals surface area contributed by atoms with Crippen LogP contribution >= 0.6 is 0 Å². The molecular weight excluding hydrogens is 244 g/mol. The Bertz CT molecular complexity index is 404. The molecule has 0 fully saturated rings. The zero-order chi connectivity index (χ0) is 14.4. The second-order valence-corrected chi connectivity index (χ2v) is 5.02. The summed E-state index contributed by atoms with van der Waals surface area (Å²) < 4.78 is 0. The van der Waals surface area contributed by atoms with Crippen molar-refractivity contribution in [2.75, 3.05) is 6.61 Å². The van der Waals surface area contributed by atoms with Gasteiger partial charge in [0, 0.05) is 0 Å². The average molecular weight is 266 g/mol. The van der Waals surface area contributed by atoms with Gasteiger partial charge < -0.3 is 21.3 Å². The van der Waals surface area contributed by atoms with Crippen LogP contribution in [0.5, 0.6) is 5.75 Å². The average Bonchev–Trinajstić information content (AvgIpc) is 2.37. The van der Waals surface area contributed by atoms with E-state index in [0.29, 0.717) is 6.42 Å². The van der Waals surface area contributed by atoms with Gasteiger partial charge in [0.05, 0.1) is 18.7 Å². The number of phenolic OH excluding ortho intramolecular Hbond substituents is 1. The van der Waals surface area contributed by atoms with Crippen LogP contribution in [0.1, 0.15) is 19.4 Å². The van der Waals surface area contributed by atoms with Gasteiger partial charge in [-0.25, -0.2) is 0 Å². The molecule has 1 aromatic rings. The van der Waals surface area contributed by atoms with Gasteiger partial charge >= 0.3 is 0 Å². The van der Waals surface area contributed by atoms with E-state index >= 15 is 0 Å². The Labute approximate surface area is 113 Å². The van der Waals surface area contributed by atoms with Crippen molar-refractivity contribution in [3.8, 4) is 5.75 Å². The van der Waals surface area contributed by atoms with Gasteiger partial charge in [-0.1, -0.05) is 26.0 Å². The van der Waals surface area contributed by atoms with Gasteiger partial charge in [-0.05, 0) is 30.0 Å². The molecule has 0 radical (unpaired) electrons. The summed E-state index contributed by atoms with van der Waals surface area (Å²) >= 11 is 0. The van der Waals surface area contributed by atoms with Crippen molar-refractivity contribution in [1.82, 2.24) is 5.32 Å². The van der Waals surface area contributed by atoms with Crippen molar-refractivity contribution in [3.63, 3.8) is 0 Å². The molecule has 1 unspecified atom stereocenters. The highest BCUT2D eigenvalue weighted by Gasteiger charge is 2.20.